The lowest BCUT2D eigenvalue weighted by Gasteiger charge is -2.07. The first-order valence-electron chi connectivity index (χ1n) is 7.63. The van der Waals surface area contributed by atoms with E-state index in [1.807, 2.05) is 12.1 Å². The van der Waals surface area contributed by atoms with E-state index in [4.69, 9.17) is 14.2 Å². The predicted octanol–water partition coefficient (Wildman–Crippen LogP) is 3.21. The summed E-state index contributed by atoms with van der Waals surface area (Å²) in [6.07, 6.45) is 3.58. The number of ether oxygens (including phenoxy) is 3. The average molecular weight is 336 g/mol. The van der Waals surface area contributed by atoms with Crippen molar-refractivity contribution in [2.24, 2.45) is 0 Å². The number of carbonyl (C=O) groups excluding carboxylic acids is 1. The van der Waals surface area contributed by atoms with E-state index >= 15 is 0 Å². The fraction of sp³-hybridized carbons (Fsp3) is 0.500. The molecule has 0 unspecified atom stereocenters. The van der Waals surface area contributed by atoms with E-state index in [-0.39, 0.29) is 12.0 Å². The first-order chi connectivity index (χ1) is 11.2. The molecule has 1 aromatic heterocycles. The van der Waals surface area contributed by atoms with Crippen LogP contribution in [-0.2, 0) is 9.53 Å². The second-order valence-electron chi connectivity index (χ2n) is 5.42. The van der Waals surface area contributed by atoms with Crippen LogP contribution in [0.1, 0.15) is 25.7 Å². The number of fused-ring (bicyclic) bond motifs is 1. The minimum atomic E-state index is -0.0292. The number of hydrogen-bond donors (Lipinski definition) is 1. The van der Waals surface area contributed by atoms with Crippen molar-refractivity contribution in [1.29, 1.82) is 0 Å². The smallest absolute Gasteiger partial charge is 0.226 e. The Labute approximate surface area is 138 Å². The Morgan fingerprint density at radius 3 is 2.87 bits per heavy atom. The Bertz CT molecular complexity index is 654. The molecule has 0 radical (unpaired) electrons. The molecule has 2 heterocycles. The van der Waals surface area contributed by atoms with Crippen molar-refractivity contribution in [3.05, 3.63) is 12.1 Å². The Morgan fingerprint density at radius 1 is 1.39 bits per heavy atom. The summed E-state index contributed by atoms with van der Waals surface area (Å²) >= 11 is 1.42. The summed E-state index contributed by atoms with van der Waals surface area (Å²) in [7, 11) is 3.18. The van der Waals surface area contributed by atoms with Crippen LogP contribution < -0.4 is 14.8 Å². The summed E-state index contributed by atoms with van der Waals surface area (Å²) in [5.74, 6) is 1.25. The summed E-state index contributed by atoms with van der Waals surface area (Å²) < 4.78 is 17.0. The molecule has 124 valence electrons. The van der Waals surface area contributed by atoms with Crippen LogP contribution in [0.3, 0.4) is 0 Å². The third-order valence-electron chi connectivity index (χ3n) is 3.86. The Balaban J connectivity index is 1.66. The number of anilines is 1. The third kappa shape index (κ3) is 3.73. The number of aromatic nitrogens is 1. The molecule has 1 aromatic carbocycles. The van der Waals surface area contributed by atoms with Crippen molar-refractivity contribution < 1.29 is 19.0 Å². The quantitative estimate of drug-likeness (QED) is 0.877. The zero-order valence-electron chi connectivity index (χ0n) is 13.3. The molecular formula is C16H20N2O4S. The monoisotopic (exact) mass is 336 g/mol. The number of carbonyl (C=O) groups is 1. The van der Waals surface area contributed by atoms with Gasteiger partial charge >= 0.3 is 0 Å². The Kier molecular flexibility index (Phi) is 4.97. The zero-order valence-corrected chi connectivity index (χ0v) is 14.1. The number of benzene rings is 1. The Hall–Kier alpha value is -1.86. The van der Waals surface area contributed by atoms with Crippen molar-refractivity contribution in [2.75, 3.05) is 26.1 Å². The van der Waals surface area contributed by atoms with Crippen LogP contribution >= 0.6 is 11.3 Å². The van der Waals surface area contributed by atoms with Gasteiger partial charge in [0.05, 0.1) is 30.5 Å². The summed E-state index contributed by atoms with van der Waals surface area (Å²) in [6, 6.07) is 3.68. The highest BCUT2D eigenvalue weighted by Gasteiger charge is 2.17. The van der Waals surface area contributed by atoms with Crippen LogP contribution in [0.2, 0.25) is 0 Å². The number of thiazole rings is 1. The molecule has 2 aromatic rings. The van der Waals surface area contributed by atoms with Gasteiger partial charge in [-0.3, -0.25) is 4.79 Å². The van der Waals surface area contributed by atoms with Gasteiger partial charge in [-0.05, 0) is 19.3 Å². The number of methoxy groups -OCH3 is 2. The molecule has 1 fully saturated rings. The normalized spacial score (nSPS) is 17.4. The highest BCUT2D eigenvalue weighted by molar-refractivity contribution is 7.22. The highest BCUT2D eigenvalue weighted by atomic mass is 32.1. The lowest BCUT2D eigenvalue weighted by atomic mass is 10.1. The van der Waals surface area contributed by atoms with Crippen LogP contribution in [0.4, 0.5) is 5.13 Å². The average Bonchev–Trinajstić information content (AvgIpc) is 3.20. The van der Waals surface area contributed by atoms with Crippen molar-refractivity contribution >= 4 is 32.6 Å². The number of amides is 1. The number of nitrogens with one attached hydrogen (secondary N) is 1. The van der Waals surface area contributed by atoms with Crippen LogP contribution in [0, 0.1) is 0 Å². The molecule has 1 saturated heterocycles. The standard InChI is InChI=1S/C16H20N2O4S/c1-20-12-8-11-14(9-13(12)21-2)23-16(17-11)18-15(19)6-5-10-4-3-7-22-10/h8-10H,3-7H2,1-2H3,(H,17,18,19)/t10-/m1/s1. The van der Waals surface area contributed by atoms with Gasteiger partial charge in [-0.25, -0.2) is 4.98 Å². The van der Waals surface area contributed by atoms with Crippen molar-refractivity contribution in [3.63, 3.8) is 0 Å². The SMILES string of the molecule is COc1cc2nc(NC(=O)CC[C@H]3CCCO3)sc2cc1OC. The van der Waals surface area contributed by atoms with Gasteiger partial charge in [0.25, 0.3) is 0 Å². The first-order valence-corrected chi connectivity index (χ1v) is 8.45. The molecular weight excluding hydrogens is 316 g/mol. The van der Waals surface area contributed by atoms with Crippen LogP contribution in [0.15, 0.2) is 12.1 Å². The largest absolute Gasteiger partial charge is 0.493 e. The lowest BCUT2D eigenvalue weighted by Crippen LogP contribution is -2.15. The van der Waals surface area contributed by atoms with Gasteiger partial charge in [-0.15, -0.1) is 0 Å². The van der Waals surface area contributed by atoms with Crippen molar-refractivity contribution in [3.8, 4) is 11.5 Å². The summed E-state index contributed by atoms with van der Waals surface area (Å²) in [4.78, 5) is 16.5. The van der Waals surface area contributed by atoms with E-state index < -0.39 is 0 Å². The van der Waals surface area contributed by atoms with Gasteiger partial charge in [0, 0.05) is 25.2 Å². The molecule has 6 nitrogen and oxygen atoms in total. The van der Waals surface area contributed by atoms with Crippen LogP contribution in [0.25, 0.3) is 10.2 Å². The van der Waals surface area contributed by atoms with E-state index in [1.54, 1.807) is 14.2 Å². The second kappa shape index (κ2) is 7.14. The molecule has 1 amide bonds. The molecule has 1 atom stereocenters. The minimum Gasteiger partial charge on any atom is -0.493 e. The molecule has 0 aliphatic carbocycles. The third-order valence-corrected chi connectivity index (χ3v) is 4.79. The van der Waals surface area contributed by atoms with Gasteiger partial charge in [0.1, 0.15) is 0 Å². The predicted molar refractivity (Wildman–Crippen MR) is 89.6 cm³/mol. The second-order valence-corrected chi connectivity index (χ2v) is 6.45. The Morgan fingerprint density at radius 2 is 2.17 bits per heavy atom. The lowest BCUT2D eigenvalue weighted by molar-refractivity contribution is -0.116. The van der Waals surface area contributed by atoms with E-state index in [9.17, 15) is 4.79 Å². The molecule has 1 aliphatic heterocycles. The van der Waals surface area contributed by atoms with Gasteiger partial charge in [0.15, 0.2) is 16.6 Å². The van der Waals surface area contributed by atoms with E-state index in [2.05, 4.69) is 10.3 Å². The van der Waals surface area contributed by atoms with Gasteiger partial charge in [0.2, 0.25) is 5.91 Å². The molecule has 23 heavy (non-hydrogen) atoms. The molecule has 3 rings (SSSR count). The zero-order chi connectivity index (χ0) is 16.2. The molecule has 1 aliphatic rings. The maximum atomic E-state index is 12.0. The molecule has 7 heteroatoms. The van der Waals surface area contributed by atoms with Gasteiger partial charge in [-0.1, -0.05) is 11.3 Å². The van der Waals surface area contributed by atoms with Crippen LogP contribution in [0.5, 0.6) is 11.5 Å². The van der Waals surface area contributed by atoms with Crippen molar-refractivity contribution in [1.82, 2.24) is 4.98 Å². The van der Waals surface area contributed by atoms with Gasteiger partial charge in [-0.2, -0.15) is 0 Å². The molecule has 0 bridgehead atoms. The maximum absolute atomic E-state index is 12.0. The fourth-order valence-electron chi connectivity index (χ4n) is 2.65. The highest BCUT2D eigenvalue weighted by Crippen LogP contribution is 2.36. The number of rotatable bonds is 6. The van der Waals surface area contributed by atoms with E-state index in [0.717, 1.165) is 36.1 Å². The topological polar surface area (TPSA) is 69.7 Å². The maximum Gasteiger partial charge on any atom is 0.226 e. The summed E-state index contributed by atoms with van der Waals surface area (Å²) in [6.45, 7) is 0.813. The molecule has 1 N–H and O–H groups in total. The summed E-state index contributed by atoms with van der Waals surface area (Å²) in [5.41, 5.74) is 0.780. The van der Waals surface area contributed by atoms with Crippen LogP contribution in [-0.4, -0.2) is 37.8 Å². The summed E-state index contributed by atoms with van der Waals surface area (Å²) in [5, 5.41) is 3.45. The first kappa shape index (κ1) is 16.0. The number of nitrogens with zero attached hydrogens (tertiary/aromatic N) is 1. The minimum absolute atomic E-state index is 0.0292. The van der Waals surface area contributed by atoms with Crippen molar-refractivity contribution in [2.45, 2.75) is 31.8 Å². The number of hydrogen-bond acceptors (Lipinski definition) is 6. The molecule has 0 spiro atoms. The molecule has 0 saturated carbocycles. The fourth-order valence-corrected chi connectivity index (χ4v) is 3.55. The van der Waals surface area contributed by atoms with E-state index in [0.29, 0.717) is 23.1 Å². The van der Waals surface area contributed by atoms with Gasteiger partial charge < -0.3 is 19.5 Å². The van der Waals surface area contributed by atoms with E-state index in [1.165, 1.54) is 11.3 Å².